The number of carboxylic acid groups (broad SMARTS) is 1. The molecule has 0 aliphatic carbocycles. The molecule has 1 fully saturated rings. The first-order valence-electron chi connectivity index (χ1n) is 14.9. The molecule has 238 valence electrons. The van der Waals surface area contributed by atoms with Crippen LogP contribution in [0.15, 0.2) is 91.0 Å². The van der Waals surface area contributed by atoms with Crippen LogP contribution < -0.4 is 16.0 Å². The second-order valence-corrected chi connectivity index (χ2v) is 12.1. The van der Waals surface area contributed by atoms with Crippen molar-refractivity contribution in [2.24, 2.45) is 11.1 Å². The molecule has 0 saturated carbocycles. The van der Waals surface area contributed by atoms with Crippen LogP contribution in [0, 0.1) is 5.41 Å². The monoisotopic (exact) mass is 622 g/mol. The zero-order valence-electron chi connectivity index (χ0n) is 26.1. The normalized spacial score (nSPS) is 15.5. The van der Waals surface area contributed by atoms with Crippen molar-refractivity contribution < 1.29 is 29.1 Å². The molecule has 0 spiro atoms. The molecular weight excluding hydrogens is 584 g/mol. The Morgan fingerprint density at radius 1 is 0.870 bits per heavy atom. The molecule has 4 rings (SSSR count). The molecule has 0 radical (unpaired) electrons. The molecule has 1 heterocycles. The van der Waals surface area contributed by atoms with E-state index < -0.39 is 35.3 Å². The lowest BCUT2D eigenvalue weighted by Gasteiger charge is -2.36. The zero-order chi connectivity index (χ0) is 33.4. The quantitative estimate of drug-likeness (QED) is 0.277. The second kappa shape index (κ2) is 14.5. The molecule has 0 aromatic heterocycles. The number of rotatable bonds is 10. The lowest BCUT2D eigenvalue weighted by Crippen LogP contribution is -2.57. The van der Waals surface area contributed by atoms with E-state index in [0.717, 1.165) is 11.6 Å². The lowest BCUT2D eigenvalue weighted by molar-refractivity contribution is -0.142. The molecule has 2 atom stereocenters. The summed E-state index contributed by atoms with van der Waals surface area (Å²) < 4.78 is 0. The Morgan fingerprint density at radius 3 is 1.98 bits per heavy atom. The Morgan fingerprint density at radius 2 is 1.43 bits per heavy atom. The Kier molecular flexibility index (Phi) is 10.5. The number of anilines is 2. The van der Waals surface area contributed by atoms with Gasteiger partial charge in [-0.1, -0.05) is 63.2 Å². The third-order valence-electron chi connectivity index (χ3n) is 7.65. The maximum Gasteiger partial charge on any atom is 0.328 e. The van der Waals surface area contributed by atoms with Crippen LogP contribution in [0.25, 0.3) is 12.2 Å². The second-order valence-electron chi connectivity index (χ2n) is 12.1. The van der Waals surface area contributed by atoms with Crippen LogP contribution >= 0.6 is 0 Å². The number of carboxylic acids is 1. The Balaban J connectivity index is 1.54. The van der Waals surface area contributed by atoms with Crippen LogP contribution in [0.5, 0.6) is 0 Å². The van der Waals surface area contributed by atoms with Gasteiger partial charge in [-0.2, -0.15) is 0 Å². The van der Waals surface area contributed by atoms with Crippen molar-refractivity contribution in [2.75, 3.05) is 11.4 Å². The standard InChI is InChI=1S/C36H38N4O6/c1-36(2,3)32(38-30(41)21-15-24-11-13-25(14-12-24)16-22-31(42)43)35(46)39-23-7-10-29(39)34(45)40(27-8-5-4-6-9-27)28-19-17-26(18-20-28)33(37)44/h4-6,8-9,11-22,29,32H,7,10,23H2,1-3H3,(H2,37,44)(H,38,41)(H,42,43)/b21-15+,22-16+/t29?,32-/m1/s1. The minimum absolute atomic E-state index is 0.301. The van der Waals surface area contributed by atoms with E-state index in [1.54, 1.807) is 71.6 Å². The van der Waals surface area contributed by atoms with Crippen LogP contribution in [0.1, 0.15) is 55.1 Å². The molecule has 0 bridgehead atoms. The summed E-state index contributed by atoms with van der Waals surface area (Å²) >= 11 is 0. The minimum Gasteiger partial charge on any atom is -0.478 e. The molecule has 4 amide bonds. The first-order valence-corrected chi connectivity index (χ1v) is 14.9. The van der Waals surface area contributed by atoms with Gasteiger partial charge in [-0.25, -0.2) is 4.79 Å². The summed E-state index contributed by atoms with van der Waals surface area (Å²) in [6.45, 7) is 5.92. The van der Waals surface area contributed by atoms with E-state index >= 15 is 0 Å². The van der Waals surface area contributed by atoms with Gasteiger partial charge in [0.1, 0.15) is 12.1 Å². The summed E-state index contributed by atoms with van der Waals surface area (Å²) in [6.07, 6.45) is 6.53. The molecule has 46 heavy (non-hydrogen) atoms. The Bertz CT molecular complexity index is 1640. The zero-order valence-corrected chi connectivity index (χ0v) is 26.1. The fourth-order valence-corrected chi connectivity index (χ4v) is 5.25. The van der Waals surface area contributed by atoms with Gasteiger partial charge in [0.25, 0.3) is 5.91 Å². The molecule has 1 aliphatic heterocycles. The van der Waals surface area contributed by atoms with Gasteiger partial charge >= 0.3 is 5.97 Å². The third kappa shape index (κ3) is 8.35. The topological polar surface area (TPSA) is 150 Å². The van der Waals surface area contributed by atoms with Crippen LogP contribution in [0.4, 0.5) is 11.4 Å². The fraction of sp³-hybridized carbons (Fsp3) is 0.250. The van der Waals surface area contributed by atoms with Crippen molar-refractivity contribution in [3.63, 3.8) is 0 Å². The van der Waals surface area contributed by atoms with E-state index in [4.69, 9.17) is 10.8 Å². The summed E-state index contributed by atoms with van der Waals surface area (Å²) in [7, 11) is 0. The van der Waals surface area contributed by atoms with E-state index in [1.807, 2.05) is 39.0 Å². The number of nitrogens with zero attached hydrogens (tertiary/aromatic N) is 2. The summed E-state index contributed by atoms with van der Waals surface area (Å²) in [5.74, 6) is -2.74. The summed E-state index contributed by atoms with van der Waals surface area (Å²) in [5.41, 5.74) is 7.61. The summed E-state index contributed by atoms with van der Waals surface area (Å²) in [5, 5.41) is 11.6. The number of benzene rings is 3. The number of hydrogen-bond donors (Lipinski definition) is 3. The van der Waals surface area contributed by atoms with Gasteiger partial charge in [0.05, 0.1) is 0 Å². The van der Waals surface area contributed by atoms with E-state index in [1.165, 1.54) is 17.1 Å². The predicted molar refractivity (Wildman–Crippen MR) is 177 cm³/mol. The molecular formula is C36H38N4O6. The largest absolute Gasteiger partial charge is 0.478 e. The van der Waals surface area contributed by atoms with Crippen molar-refractivity contribution in [1.29, 1.82) is 0 Å². The van der Waals surface area contributed by atoms with Crippen molar-refractivity contribution in [1.82, 2.24) is 10.2 Å². The average molecular weight is 623 g/mol. The molecule has 4 N–H and O–H groups in total. The van der Waals surface area contributed by atoms with Crippen LogP contribution in [-0.2, 0) is 19.2 Å². The SMILES string of the molecule is CC(C)(C)[C@H](NC(=O)/C=C/c1ccc(/C=C/C(=O)O)cc1)C(=O)N1CCCC1C(=O)N(c1ccccc1)c1ccc(C(N)=O)cc1. The van der Waals surface area contributed by atoms with Gasteiger partial charge in [0, 0.05) is 35.6 Å². The number of amides is 4. The molecule has 1 saturated heterocycles. The van der Waals surface area contributed by atoms with E-state index in [-0.39, 0.29) is 11.8 Å². The highest BCUT2D eigenvalue weighted by Crippen LogP contribution is 2.32. The number of nitrogens with one attached hydrogen (secondary N) is 1. The first kappa shape index (κ1) is 33.4. The molecule has 1 aliphatic rings. The highest BCUT2D eigenvalue weighted by Gasteiger charge is 2.43. The number of hydrogen-bond acceptors (Lipinski definition) is 5. The molecule has 3 aromatic carbocycles. The van der Waals surface area contributed by atoms with Gasteiger partial charge in [-0.15, -0.1) is 0 Å². The van der Waals surface area contributed by atoms with Crippen LogP contribution in [0.2, 0.25) is 0 Å². The number of carbonyl (C=O) groups is 5. The minimum atomic E-state index is -1.04. The van der Waals surface area contributed by atoms with Crippen molar-refractivity contribution in [3.8, 4) is 0 Å². The number of carbonyl (C=O) groups excluding carboxylic acids is 4. The van der Waals surface area contributed by atoms with Gasteiger partial charge in [0.15, 0.2) is 0 Å². The van der Waals surface area contributed by atoms with Gasteiger partial charge in [0.2, 0.25) is 17.7 Å². The summed E-state index contributed by atoms with van der Waals surface area (Å²) in [4.78, 5) is 66.9. The van der Waals surface area contributed by atoms with E-state index in [2.05, 4.69) is 5.32 Å². The maximum absolute atomic E-state index is 14.2. The van der Waals surface area contributed by atoms with E-state index in [9.17, 15) is 24.0 Å². The summed E-state index contributed by atoms with van der Waals surface area (Å²) in [6, 6.07) is 20.8. The lowest BCUT2D eigenvalue weighted by atomic mass is 9.85. The van der Waals surface area contributed by atoms with Gasteiger partial charge in [-0.3, -0.25) is 24.1 Å². The fourth-order valence-electron chi connectivity index (χ4n) is 5.25. The molecule has 10 heteroatoms. The average Bonchev–Trinajstić information content (AvgIpc) is 3.52. The van der Waals surface area contributed by atoms with E-state index in [0.29, 0.717) is 41.9 Å². The predicted octanol–water partition coefficient (Wildman–Crippen LogP) is 4.78. The Labute approximate surface area is 268 Å². The highest BCUT2D eigenvalue weighted by molar-refractivity contribution is 6.06. The number of likely N-dealkylation sites (tertiary alicyclic amines) is 1. The molecule has 3 aromatic rings. The van der Waals surface area contributed by atoms with Crippen LogP contribution in [0.3, 0.4) is 0 Å². The molecule has 10 nitrogen and oxygen atoms in total. The number of nitrogens with two attached hydrogens (primary N) is 1. The smallest absolute Gasteiger partial charge is 0.328 e. The third-order valence-corrected chi connectivity index (χ3v) is 7.65. The number of aliphatic carboxylic acids is 1. The van der Waals surface area contributed by atoms with Crippen LogP contribution in [-0.4, -0.2) is 58.2 Å². The van der Waals surface area contributed by atoms with Crippen molar-refractivity contribution in [2.45, 2.75) is 45.7 Å². The van der Waals surface area contributed by atoms with Gasteiger partial charge < -0.3 is 21.1 Å². The highest BCUT2D eigenvalue weighted by atomic mass is 16.4. The number of primary amides is 1. The number of para-hydroxylation sites is 1. The van der Waals surface area contributed by atoms with Crippen molar-refractivity contribution >= 4 is 53.1 Å². The van der Waals surface area contributed by atoms with Crippen molar-refractivity contribution in [3.05, 3.63) is 108 Å². The Hall–Kier alpha value is -5.51. The maximum atomic E-state index is 14.2. The van der Waals surface area contributed by atoms with Gasteiger partial charge in [-0.05, 0) is 77.9 Å². The molecule has 1 unspecified atom stereocenters. The first-order chi connectivity index (χ1) is 21.8.